The molecule has 31 heavy (non-hydrogen) atoms. The van der Waals surface area contributed by atoms with E-state index in [2.05, 4.69) is 20.8 Å². The number of carbonyl (C=O) groups excluding carboxylic acids is 2. The molecule has 0 aromatic heterocycles. The van der Waals surface area contributed by atoms with Crippen LogP contribution in [0.1, 0.15) is 47.5 Å². The molecule has 170 valence electrons. The van der Waals surface area contributed by atoms with Gasteiger partial charge in [-0.05, 0) is 46.6 Å². The zero-order chi connectivity index (χ0) is 23.0. The summed E-state index contributed by atoms with van der Waals surface area (Å²) < 4.78 is 15.9. The normalized spacial score (nSPS) is 33.1. The second-order valence-electron chi connectivity index (χ2n) is 9.11. The average Bonchev–Trinajstić information content (AvgIpc) is 3.56. The summed E-state index contributed by atoms with van der Waals surface area (Å²) in [6.07, 6.45) is 7.66. The van der Waals surface area contributed by atoms with Crippen molar-refractivity contribution in [3.05, 3.63) is 47.1 Å². The Kier molecular flexibility index (Phi) is 6.72. The zero-order valence-corrected chi connectivity index (χ0v) is 18.8. The highest BCUT2D eigenvalue weighted by molar-refractivity contribution is 6.03. The van der Waals surface area contributed by atoms with Gasteiger partial charge in [-0.2, -0.15) is 0 Å². The largest absolute Gasteiger partial charge is 0.461 e. The molecule has 0 amide bonds. The van der Waals surface area contributed by atoms with E-state index in [0.717, 1.165) is 18.4 Å². The van der Waals surface area contributed by atoms with Gasteiger partial charge in [-0.25, -0.2) is 0 Å². The van der Waals surface area contributed by atoms with E-state index in [1.165, 1.54) is 18.6 Å². The lowest BCUT2D eigenvalue weighted by Crippen LogP contribution is -2.46. The highest BCUT2D eigenvalue weighted by Crippen LogP contribution is 2.48. The third kappa shape index (κ3) is 5.23. The van der Waals surface area contributed by atoms with Crippen molar-refractivity contribution in [1.29, 1.82) is 0 Å². The number of rotatable bonds is 9. The Balaban J connectivity index is 1.57. The first-order valence-corrected chi connectivity index (χ1v) is 10.6. The Bertz CT molecular complexity index is 863. The quantitative estimate of drug-likeness (QED) is 0.327. The molecule has 3 rings (SSSR count). The summed E-state index contributed by atoms with van der Waals surface area (Å²) in [5, 5.41) is 21.1. The zero-order valence-electron chi connectivity index (χ0n) is 18.8. The minimum Gasteiger partial charge on any atom is -0.461 e. The molecule has 1 aliphatic carbocycles. The molecule has 0 bridgehead atoms. The minimum absolute atomic E-state index is 0.00914. The van der Waals surface area contributed by atoms with Gasteiger partial charge in [-0.1, -0.05) is 35.5 Å². The minimum atomic E-state index is -1.38. The molecule has 2 saturated heterocycles. The number of ketones is 1. The number of ether oxygens (including phenoxy) is 3. The first kappa shape index (κ1) is 23.6. The number of esters is 1. The van der Waals surface area contributed by atoms with Crippen molar-refractivity contribution in [2.45, 2.75) is 83.1 Å². The van der Waals surface area contributed by atoms with Gasteiger partial charge in [0.05, 0.1) is 11.7 Å². The van der Waals surface area contributed by atoms with Crippen LogP contribution in [0.15, 0.2) is 47.1 Å². The molecule has 0 aromatic carbocycles. The fourth-order valence-electron chi connectivity index (χ4n) is 3.90. The maximum absolute atomic E-state index is 12.5. The van der Waals surface area contributed by atoms with Gasteiger partial charge in [0.25, 0.3) is 0 Å². The molecule has 5 atom stereocenters. The summed E-state index contributed by atoms with van der Waals surface area (Å²) in [7, 11) is 0. The number of aliphatic hydroxyl groups excluding tert-OH is 2. The van der Waals surface area contributed by atoms with E-state index in [-0.39, 0.29) is 23.6 Å². The fraction of sp³-hybridized carbons (Fsp3) is 0.583. The Morgan fingerprint density at radius 3 is 2.58 bits per heavy atom. The number of allylic oxidation sites excluding steroid dienone is 5. The molecule has 0 aromatic rings. The van der Waals surface area contributed by atoms with E-state index < -0.39 is 29.9 Å². The first-order valence-electron chi connectivity index (χ1n) is 10.6. The van der Waals surface area contributed by atoms with Crippen LogP contribution < -0.4 is 0 Å². The third-order valence-corrected chi connectivity index (χ3v) is 6.07. The van der Waals surface area contributed by atoms with Crippen molar-refractivity contribution < 1.29 is 34.0 Å². The van der Waals surface area contributed by atoms with Gasteiger partial charge in [0.15, 0.2) is 17.5 Å². The monoisotopic (exact) mass is 432 g/mol. The number of carbonyl (C=O) groups is 2. The van der Waals surface area contributed by atoms with Crippen LogP contribution in [0.4, 0.5) is 0 Å². The third-order valence-electron chi connectivity index (χ3n) is 6.07. The van der Waals surface area contributed by atoms with Gasteiger partial charge >= 0.3 is 5.97 Å². The van der Waals surface area contributed by atoms with Gasteiger partial charge in [0.2, 0.25) is 0 Å². The predicted molar refractivity (Wildman–Crippen MR) is 114 cm³/mol. The summed E-state index contributed by atoms with van der Waals surface area (Å²) in [5.74, 6) is -0.898. The lowest BCUT2D eigenvalue weighted by molar-refractivity contribution is -0.140. The molecule has 2 N–H and O–H groups in total. The van der Waals surface area contributed by atoms with Gasteiger partial charge in [0.1, 0.15) is 18.8 Å². The molecule has 2 heterocycles. The second-order valence-corrected chi connectivity index (χ2v) is 9.11. The maximum Gasteiger partial charge on any atom is 0.302 e. The summed E-state index contributed by atoms with van der Waals surface area (Å²) in [5.41, 5.74) is 0.818. The van der Waals surface area contributed by atoms with Crippen molar-refractivity contribution in [2.75, 3.05) is 6.61 Å². The average molecular weight is 433 g/mol. The van der Waals surface area contributed by atoms with Crippen LogP contribution in [0.3, 0.4) is 0 Å². The van der Waals surface area contributed by atoms with E-state index >= 15 is 0 Å². The van der Waals surface area contributed by atoms with Crippen molar-refractivity contribution >= 4 is 11.8 Å². The maximum atomic E-state index is 12.5. The smallest absolute Gasteiger partial charge is 0.302 e. The van der Waals surface area contributed by atoms with Crippen LogP contribution in [0.5, 0.6) is 0 Å². The number of Topliss-reactive ketones (excluding diaryl/α,β-unsaturated/α-hetero) is 1. The molecule has 0 unspecified atom stereocenters. The highest BCUT2D eigenvalue weighted by Gasteiger charge is 2.70. The number of hydrogen-bond acceptors (Lipinski definition) is 7. The van der Waals surface area contributed by atoms with Crippen molar-refractivity contribution in [3.8, 4) is 0 Å². The lowest BCUT2D eigenvalue weighted by Gasteiger charge is -2.25. The molecular weight excluding hydrogens is 400 g/mol. The Hall–Kier alpha value is -2.06. The fourth-order valence-corrected chi connectivity index (χ4v) is 3.90. The number of epoxide rings is 2. The topological polar surface area (TPSA) is 109 Å². The number of aliphatic hydroxyl groups is 2. The molecule has 0 radical (unpaired) electrons. The van der Waals surface area contributed by atoms with E-state index in [0.29, 0.717) is 6.10 Å². The van der Waals surface area contributed by atoms with Crippen LogP contribution >= 0.6 is 0 Å². The van der Waals surface area contributed by atoms with Gasteiger partial charge in [-0.15, -0.1) is 0 Å². The van der Waals surface area contributed by atoms with Crippen LogP contribution in [0.2, 0.25) is 0 Å². The molecule has 0 saturated carbocycles. The van der Waals surface area contributed by atoms with E-state index in [1.54, 1.807) is 6.08 Å². The standard InChI is InChI=1S/C24H32O7/c1-14(9-10-20-23(4,5)30-20)7-6-8-15(2)11-18(26)24-19(27)12-17(13-29-16(3)25)21(28)22(24)31-24/h6-8,11-12,18-20,22,26-27H,9-10,13H2,1-5H3/b8-6+,14-7+,15-11+/t18-,19-,20+,22-,24+/m0/s1. The number of hydrogen-bond donors (Lipinski definition) is 2. The van der Waals surface area contributed by atoms with Crippen LogP contribution in [-0.4, -0.2) is 64.2 Å². The highest BCUT2D eigenvalue weighted by atomic mass is 16.6. The summed E-state index contributed by atoms with van der Waals surface area (Å²) in [6.45, 7) is 9.11. The molecule has 0 spiro atoms. The molecule has 7 nitrogen and oxygen atoms in total. The van der Waals surface area contributed by atoms with Crippen LogP contribution in [0.25, 0.3) is 0 Å². The molecular formula is C24H32O7. The van der Waals surface area contributed by atoms with Crippen molar-refractivity contribution in [3.63, 3.8) is 0 Å². The summed E-state index contributed by atoms with van der Waals surface area (Å²) in [4.78, 5) is 23.4. The van der Waals surface area contributed by atoms with E-state index in [1.807, 2.05) is 25.2 Å². The Morgan fingerprint density at radius 2 is 1.97 bits per heavy atom. The van der Waals surface area contributed by atoms with Crippen molar-refractivity contribution in [2.24, 2.45) is 0 Å². The SMILES string of the molecule is CC(=O)OCC1=C[C@H](O)[C@@]2([C@@H](O)/C=C(C)/C=C/C=C(\C)CC[C@H]3OC3(C)C)O[C@H]2C1=O. The summed E-state index contributed by atoms with van der Waals surface area (Å²) in [6, 6.07) is 0. The molecule has 7 heteroatoms. The Morgan fingerprint density at radius 1 is 1.29 bits per heavy atom. The van der Waals surface area contributed by atoms with Crippen LogP contribution in [-0.2, 0) is 23.8 Å². The Labute approximate surface area is 183 Å². The second kappa shape index (κ2) is 8.82. The lowest BCUT2D eigenvalue weighted by atomic mass is 9.82. The molecule has 3 aliphatic rings. The molecule has 2 aliphatic heterocycles. The first-order chi connectivity index (χ1) is 14.5. The van der Waals surface area contributed by atoms with Gasteiger partial charge < -0.3 is 24.4 Å². The number of fused-ring (bicyclic) bond motifs is 1. The molecule has 2 fully saturated rings. The van der Waals surface area contributed by atoms with Crippen molar-refractivity contribution in [1.82, 2.24) is 0 Å². The van der Waals surface area contributed by atoms with E-state index in [9.17, 15) is 19.8 Å². The van der Waals surface area contributed by atoms with Gasteiger partial charge in [-0.3, -0.25) is 9.59 Å². The predicted octanol–water partition coefficient (Wildman–Crippen LogP) is 2.32. The summed E-state index contributed by atoms with van der Waals surface area (Å²) >= 11 is 0. The van der Waals surface area contributed by atoms with E-state index in [4.69, 9.17) is 14.2 Å². The van der Waals surface area contributed by atoms with Gasteiger partial charge in [0, 0.05) is 12.5 Å². The van der Waals surface area contributed by atoms with Crippen LogP contribution in [0, 0.1) is 0 Å².